The lowest BCUT2D eigenvalue weighted by molar-refractivity contribution is 0.162. The van der Waals surface area contributed by atoms with E-state index in [0.29, 0.717) is 5.92 Å². The van der Waals surface area contributed by atoms with Crippen LogP contribution in [0.4, 0.5) is 0 Å². The summed E-state index contributed by atoms with van der Waals surface area (Å²) in [5.41, 5.74) is 0. The Labute approximate surface area is 102 Å². The number of hydrogen-bond acceptors (Lipinski definition) is 1. The highest BCUT2D eigenvalue weighted by Crippen LogP contribution is 2.40. The Morgan fingerprint density at radius 3 is 2.12 bits per heavy atom. The summed E-state index contributed by atoms with van der Waals surface area (Å²) in [6.07, 6.45) is 7.23. The predicted octanol–water partition coefficient (Wildman–Crippen LogP) is 4.56. The monoisotopic (exact) mass is 239 g/mol. The van der Waals surface area contributed by atoms with Gasteiger partial charge in [0.25, 0.3) is 0 Å². The van der Waals surface area contributed by atoms with Gasteiger partial charge in [-0.05, 0) is 36.9 Å². The molecule has 0 aromatic heterocycles. The Morgan fingerprint density at radius 2 is 1.75 bits per heavy atom. The minimum Gasteiger partial charge on any atom is -0.410 e. The first kappa shape index (κ1) is 14.0. The van der Waals surface area contributed by atoms with Gasteiger partial charge in [0.1, 0.15) is 0 Å². The average molecular weight is 239 g/mol. The van der Waals surface area contributed by atoms with Crippen LogP contribution in [0.15, 0.2) is 6.08 Å². The highest BCUT2D eigenvalue weighted by molar-refractivity contribution is 6.74. The Kier molecular flexibility index (Phi) is 4.41. The lowest BCUT2D eigenvalue weighted by Crippen LogP contribution is -2.45. The van der Waals surface area contributed by atoms with Crippen molar-refractivity contribution in [2.24, 2.45) is 5.92 Å². The molecule has 0 aromatic carbocycles. The van der Waals surface area contributed by atoms with Crippen molar-refractivity contribution in [2.75, 3.05) is 0 Å². The second-order valence-electron chi connectivity index (χ2n) is 6.58. The Balaban J connectivity index is 2.65. The molecule has 0 heterocycles. The standard InChI is InChI=1S/C14H27OSi/c1-7-13(12-10-8-9-11-12)15-16(5,6)14(2,3)4/h1,7,12-13H,8-11H2,2-6H3. The average Bonchev–Trinajstić information content (AvgIpc) is 2.65. The van der Waals surface area contributed by atoms with Crippen LogP contribution in [0.2, 0.25) is 18.1 Å². The highest BCUT2D eigenvalue weighted by atomic mass is 28.4. The summed E-state index contributed by atoms with van der Waals surface area (Å²) < 4.78 is 6.39. The summed E-state index contributed by atoms with van der Waals surface area (Å²) in [4.78, 5) is 0. The molecule has 0 spiro atoms. The van der Waals surface area contributed by atoms with E-state index in [0.717, 1.165) is 0 Å². The van der Waals surface area contributed by atoms with Crippen LogP contribution in [-0.2, 0) is 4.43 Å². The van der Waals surface area contributed by atoms with E-state index in [-0.39, 0.29) is 11.1 Å². The van der Waals surface area contributed by atoms with Crippen molar-refractivity contribution in [3.05, 3.63) is 12.7 Å². The van der Waals surface area contributed by atoms with Gasteiger partial charge < -0.3 is 4.43 Å². The fourth-order valence-electron chi connectivity index (χ4n) is 2.10. The Bertz CT molecular complexity index is 234. The lowest BCUT2D eigenvalue weighted by atomic mass is 10.0. The van der Waals surface area contributed by atoms with Crippen molar-refractivity contribution in [3.63, 3.8) is 0 Å². The van der Waals surface area contributed by atoms with Gasteiger partial charge in [-0.15, -0.1) is 0 Å². The smallest absolute Gasteiger partial charge is 0.192 e. The third-order valence-corrected chi connectivity index (χ3v) is 8.76. The molecule has 0 amide bonds. The van der Waals surface area contributed by atoms with Crippen molar-refractivity contribution in [1.82, 2.24) is 0 Å². The van der Waals surface area contributed by atoms with Crippen LogP contribution < -0.4 is 0 Å². The van der Waals surface area contributed by atoms with Crippen LogP contribution in [0.25, 0.3) is 0 Å². The summed E-state index contributed by atoms with van der Waals surface area (Å²) in [6.45, 7) is 17.2. The molecular weight excluding hydrogens is 212 g/mol. The van der Waals surface area contributed by atoms with Crippen molar-refractivity contribution < 1.29 is 4.43 Å². The third-order valence-electron chi connectivity index (χ3n) is 4.29. The van der Waals surface area contributed by atoms with Crippen LogP contribution in [0.5, 0.6) is 0 Å². The van der Waals surface area contributed by atoms with Gasteiger partial charge in [-0.1, -0.05) is 46.3 Å². The van der Waals surface area contributed by atoms with Crippen LogP contribution in [0.3, 0.4) is 0 Å². The quantitative estimate of drug-likeness (QED) is 0.654. The van der Waals surface area contributed by atoms with E-state index < -0.39 is 8.32 Å². The summed E-state index contributed by atoms with van der Waals surface area (Å²) >= 11 is 0. The fraction of sp³-hybridized carbons (Fsp3) is 0.857. The summed E-state index contributed by atoms with van der Waals surface area (Å²) in [5, 5.41) is 0.271. The molecule has 1 aliphatic carbocycles. The van der Waals surface area contributed by atoms with E-state index in [1.807, 2.05) is 0 Å². The van der Waals surface area contributed by atoms with Gasteiger partial charge in [0.2, 0.25) is 0 Å². The van der Waals surface area contributed by atoms with E-state index in [1.165, 1.54) is 25.7 Å². The maximum Gasteiger partial charge on any atom is 0.192 e. The second-order valence-corrected chi connectivity index (χ2v) is 11.3. The fourth-order valence-corrected chi connectivity index (χ4v) is 3.40. The summed E-state index contributed by atoms with van der Waals surface area (Å²) in [6, 6.07) is 0. The van der Waals surface area contributed by atoms with Gasteiger partial charge in [0.15, 0.2) is 8.32 Å². The molecular formula is C14H27OSi. The third kappa shape index (κ3) is 3.20. The highest BCUT2D eigenvalue weighted by Gasteiger charge is 2.40. The minimum absolute atomic E-state index is 0.184. The molecule has 0 bridgehead atoms. The van der Waals surface area contributed by atoms with E-state index in [4.69, 9.17) is 11.0 Å². The topological polar surface area (TPSA) is 9.23 Å². The molecule has 1 unspecified atom stereocenters. The summed E-state index contributed by atoms with van der Waals surface area (Å²) in [7, 11) is -1.67. The first-order chi connectivity index (χ1) is 7.28. The van der Waals surface area contributed by atoms with E-state index in [2.05, 4.69) is 33.9 Å². The zero-order valence-corrected chi connectivity index (χ0v) is 12.5. The molecule has 1 nitrogen and oxygen atoms in total. The van der Waals surface area contributed by atoms with E-state index in [9.17, 15) is 0 Å². The van der Waals surface area contributed by atoms with Gasteiger partial charge in [0.05, 0.1) is 6.10 Å². The molecule has 16 heavy (non-hydrogen) atoms. The Hall–Kier alpha value is -0.0831. The van der Waals surface area contributed by atoms with Gasteiger partial charge in [-0.25, -0.2) is 0 Å². The van der Waals surface area contributed by atoms with E-state index in [1.54, 1.807) is 6.08 Å². The second kappa shape index (κ2) is 5.05. The van der Waals surface area contributed by atoms with Crippen molar-refractivity contribution in [1.29, 1.82) is 0 Å². The van der Waals surface area contributed by atoms with E-state index >= 15 is 0 Å². The number of rotatable bonds is 4. The van der Waals surface area contributed by atoms with Gasteiger partial charge in [-0.3, -0.25) is 0 Å². The molecule has 1 fully saturated rings. The molecule has 93 valence electrons. The molecule has 0 aromatic rings. The molecule has 0 saturated heterocycles. The SMILES string of the molecule is [CH]=CC(O[Si](C)(C)C(C)(C)C)C1CCCC1. The predicted molar refractivity (Wildman–Crippen MR) is 72.9 cm³/mol. The molecule has 0 aliphatic heterocycles. The minimum atomic E-state index is -1.67. The maximum atomic E-state index is 6.39. The zero-order valence-electron chi connectivity index (χ0n) is 11.5. The van der Waals surface area contributed by atoms with Crippen molar-refractivity contribution in [3.8, 4) is 0 Å². The van der Waals surface area contributed by atoms with Crippen LogP contribution >= 0.6 is 0 Å². The molecule has 1 aliphatic rings. The maximum absolute atomic E-state index is 6.39. The van der Waals surface area contributed by atoms with Crippen molar-refractivity contribution >= 4 is 8.32 Å². The van der Waals surface area contributed by atoms with Gasteiger partial charge in [0, 0.05) is 0 Å². The first-order valence-electron chi connectivity index (χ1n) is 6.51. The van der Waals surface area contributed by atoms with Gasteiger partial charge in [-0.2, -0.15) is 0 Å². The van der Waals surface area contributed by atoms with Crippen molar-refractivity contribution in [2.45, 2.75) is 70.7 Å². The van der Waals surface area contributed by atoms with Gasteiger partial charge >= 0.3 is 0 Å². The molecule has 0 N–H and O–H groups in total. The normalized spacial score (nSPS) is 21.1. The molecule has 1 saturated carbocycles. The van der Waals surface area contributed by atoms with Crippen LogP contribution in [-0.4, -0.2) is 14.4 Å². The zero-order chi connectivity index (χ0) is 12.4. The summed E-state index contributed by atoms with van der Waals surface area (Å²) in [5.74, 6) is 0.666. The van der Waals surface area contributed by atoms with Crippen LogP contribution in [0, 0.1) is 12.5 Å². The number of hydrogen-bond donors (Lipinski definition) is 0. The first-order valence-corrected chi connectivity index (χ1v) is 9.41. The van der Waals surface area contributed by atoms with Crippen LogP contribution in [0.1, 0.15) is 46.5 Å². The molecule has 1 radical (unpaired) electrons. The molecule has 1 atom stereocenters. The molecule has 2 heteroatoms. The largest absolute Gasteiger partial charge is 0.410 e. The lowest BCUT2D eigenvalue weighted by Gasteiger charge is -2.40. The Morgan fingerprint density at radius 1 is 1.25 bits per heavy atom. The molecule has 1 rings (SSSR count).